The molecular weight excluding hydrogens is 229 g/mol. The number of halogens is 1. The number of hydrogen-bond donors (Lipinski definition) is 2. The Balaban J connectivity index is 2.04. The predicted molar refractivity (Wildman–Crippen MR) is 69.3 cm³/mol. The highest BCUT2D eigenvalue weighted by molar-refractivity contribution is 5.62. The highest BCUT2D eigenvalue weighted by Gasteiger charge is 2.00. The first-order valence-electron chi connectivity index (χ1n) is 5.47. The Hall–Kier alpha value is -2.54. The molecule has 0 aliphatic heterocycles. The van der Waals surface area contributed by atoms with Gasteiger partial charge in [-0.25, -0.2) is 4.39 Å². The van der Waals surface area contributed by atoms with E-state index < -0.39 is 0 Å². The van der Waals surface area contributed by atoms with Crippen molar-refractivity contribution < 1.29 is 4.39 Å². The van der Waals surface area contributed by atoms with E-state index in [9.17, 15) is 4.39 Å². The summed E-state index contributed by atoms with van der Waals surface area (Å²) in [6, 6.07) is 13.5. The Morgan fingerprint density at radius 2 is 1.89 bits per heavy atom. The number of rotatable bonds is 3. The largest absolute Gasteiger partial charge is 0.398 e. The summed E-state index contributed by atoms with van der Waals surface area (Å²) < 4.78 is 12.7. The third-order valence-electron chi connectivity index (χ3n) is 2.58. The van der Waals surface area contributed by atoms with Gasteiger partial charge < -0.3 is 11.1 Å². The van der Waals surface area contributed by atoms with Crippen molar-refractivity contribution in [3.63, 3.8) is 0 Å². The minimum Gasteiger partial charge on any atom is -0.398 e. The van der Waals surface area contributed by atoms with E-state index in [2.05, 4.69) is 5.32 Å². The van der Waals surface area contributed by atoms with Crippen LogP contribution in [0.5, 0.6) is 0 Å². The van der Waals surface area contributed by atoms with E-state index in [0.29, 0.717) is 17.8 Å². The maximum absolute atomic E-state index is 12.7. The molecule has 0 aromatic heterocycles. The van der Waals surface area contributed by atoms with E-state index in [0.717, 1.165) is 11.3 Å². The molecule has 0 aliphatic rings. The van der Waals surface area contributed by atoms with Gasteiger partial charge in [0.15, 0.2) is 0 Å². The van der Waals surface area contributed by atoms with Crippen LogP contribution in [-0.2, 0) is 6.54 Å². The average molecular weight is 241 g/mol. The molecule has 2 aromatic carbocycles. The second-order valence-electron chi connectivity index (χ2n) is 3.89. The van der Waals surface area contributed by atoms with Crippen molar-refractivity contribution in [1.82, 2.24) is 0 Å². The van der Waals surface area contributed by atoms with E-state index in [1.165, 1.54) is 12.1 Å². The molecule has 0 spiro atoms. The van der Waals surface area contributed by atoms with Crippen LogP contribution in [-0.4, -0.2) is 0 Å². The van der Waals surface area contributed by atoms with Crippen molar-refractivity contribution >= 4 is 11.4 Å². The number of benzene rings is 2. The lowest BCUT2D eigenvalue weighted by atomic mass is 10.1. The van der Waals surface area contributed by atoms with Gasteiger partial charge in [-0.3, -0.25) is 0 Å². The summed E-state index contributed by atoms with van der Waals surface area (Å²) in [6.45, 7) is 0.575. The maximum atomic E-state index is 12.7. The van der Waals surface area contributed by atoms with Gasteiger partial charge >= 0.3 is 0 Å². The minimum atomic E-state index is -0.249. The van der Waals surface area contributed by atoms with Gasteiger partial charge in [-0.1, -0.05) is 12.1 Å². The standard InChI is InChI=1S/C14H12FN3/c15-12-4-1-10(2-5-12)9-18-13-6-3-11(8-16)14(17)7-13/h1-7,18H,9,17H2. The molecular formula is C14H12FN3. The molecule has 3 N–H and O–H groups in total. The summed E-state index contributed by atoms with van der Waals surface area (Å²) in [5.41, 5.74) is 8.42. The van der Waals surface area contributed by atoms with Crippen LogP contribution in [0, 0.1) is 17.1 Å². The summed E-state index contributed by atoms with van der Waals surface area (Å²) in [5.74, 6) is -0.249. The van der Waals surface area contributed by atoms with E-state index in [1.54, 1.807) is 30.3 Å². The van der Waals surface area contributed by atoms with E-state index in [1.807, 2.05) is 6.07 Å². The first kappa shape index (κ1) is 11.9. The maximum Gasteiger partial charge on any atom is 0.123 e. The molecule has 3 nitrogen and oxygen atoms in total. The van der Waals surface area contributed by atoms with Crippen LogP contribution in [0.4, 0.5) is 15.8 Å². The molecule has 0 bridgehead atoms. The smallest absolute Gasteiger partial charge is 0.123 e. The lowest BCUT2D eigenvalue weighted by Crippen LogP contribution is -2.00. The van der Waals surface area contributed by atoms with Gasteiger partial charge in [0.1, 0.15) is 11.9 Å². The van der Waals surface area contributed by atoms with Gasteiger partial charge in [0.25, 0.3) is 0 Å². The van der Waals surface area contributed by atoms with Crippen molar-refractivity contribution in [2.75, 3.05) is 11.1 Å². The summed E-state index contributed by atoms with van der Waals surface area (Å²) in [7, 11) is 0. The third-order valence-corrected chi connectivity index (χ3v) is 2.58. The third kappa shape index (κ3) is 2.77. The van der Waals surface area contributed by atoms with Gasteiger partial charge in [0.05, 0.1) is 11.3 Å². The summed E-state index contributed by atoms with van der Waals surface area (Å²) in [5, 5.41) is 11.9. The Morgan fingerprint density at radius 1 is 1.17 bits per heavy atom. The van der Waals surface area contributed by atoms with Crippen molar-refractivity contribution in [2.45, 2.75) is 6.54 Å². The van der Waals surface area contributed by atoms with Gasteiger partial charge in [-0.15, -0.1) is 0 Å². The number of nitrogens with zero attached hydrogens (tertiary/aromatic N) is 1. The molecule has 0 unspecified atom stereocenters. The SMILES string of the molecule is N#Cc1ccc(NCc2ccc(F)cc2)cc1N. The predicted octanol–water partition coefficient (Wildman–Crippen LogP) is 2.89. The summed E-state index contributed by atoms with van der Waals surface area (Å²) in [4.78, 5) is 0. The van der Waals surface area contributed by atoms with Crippen molar-refractivity contribution in [3.05, 3.63) is 59.4 Å². The minimum absolute atomic E-state index is 0.249. The van der Waals surface area contributed by atoms with Crippen LogP contribution in [0.25, 0.3) is 0 Å². The zero-order chi connectivity index (χ0) is 13.0. The van der Waals surface area contributed by atoms with E-state index in [-0.39, 0.29) is 5.82 Å². The fraction of sp³-hybridized carbons (Fsp3) is 0.0714. The molecule has 18 heavy (non-hydrogen) atoms. The molecule has 0 saturated heterocycles. The summed E-state index contributed by atoms with van der Waals surface area (Å²) >= 11 is 0. The molecule has 2 aromatic rings. The molecule has 4 heteroatoms. The van der Waals surface area contributed by atoms with Crippen molar-refractivity contribution in [1.29, 1.82) is 5.26 Å². The topological polar surface area (TPSA) is 61.8 Å². The van der Waals surface area contributed by atoms with E-state index in [4.69, 9.17) is 11.0 Å². The fourth-order valence-corrected chi connectivity index (χ4v) is 1.58. The number of nitrogens with one attached hydrogen (secondary N) is 1. The van der Waals surface area contributed by atoms with Crippen LogP contribution < -0.4 is 11.1 Å². The highest BCUT2D eigenvalue weighted by Crippen LogP contribution is 2.17. The number of anilines is 2. The van der Waals surface area contributed by atoms with Crippen molar-refractivity contribution in [3.8, 4) is 6.07 Å². The van der Waals surface area contributed by atoms with Crippen molar-refractivity contribution in [2.24, 2.45) is 0 Å². The van der Waals surface area contributed by atoms with Crippen LogP contribution >= 0.6 is 0 Å². The van der Waals surface area contributed by atoms with Crippen LogP contribution in [0.1, 0.15) is 11.1 Å². The van der Waals surface area contributed by atoms with Gasteiger partial charge in [0.2, 0.25) is 0 Å². The molecule has 2 rings (SSSR count). The molecule has 0 radical (unpaired) electrons. The Labute approximate surface area is 105 Å². The van der Waals surface area contributed by atoms with Crippen LogP contribution in [0.15, 0.2) is 42.5 Å². The normalized spacial score (nSPS) is 9.78. The lowest BCUT2D eigenvalue weighted by Gasteiger charge is -2.08. The summed E-state index contributed by atoms with van der Waals surface area (Å²) in [6.07, 6.45) is 0. The molecule has 0 aliphatic carbocycles. The monoisotopic (exact) mass is 241 g/mol. The second kappa shape index (κ2) is 5.19. The molecule has 0 heterocycles. The number of nitrogens with two attached hydrogens (primary N) is 1. The van der Waals surface area contributed by atoms with Gasteiger partial charge in [0, 0.05) is 12.2 Å². The van der Waals surface area contributed by atoms with Crippen LogP contribution in [0.2, 0.25) is 0 Å². The molecule has 0 saturated carbocycles. The molecule has 90 valence electrons. The first-order valence-corrected chi connectivity index (χ1v) is 5.47. The Kier molecular flexibility index (Phi) is 3.44. The first-order chi connectivity index (χ1) is 8.69. The second-order valence-corrected chi connectivity index (χ2v) is 3.89. The molecule has 0 fully saturated rings. The molecule has 0 amide bonds. The Bertz CT molecular complexity index is 585. The quantitative estimate of drug-likeness (QED) is 0.812. The van der Waals surface area contributed by atoms with Gasteiger partial charge in [-0.2, -0.15) is 5.26 Å². The zero-order valence-corrected chi connectivity index (χ0v) is 9.65. The number of nitrogen functional groups attached to an aromatic ring is 1. The Morgan fingerprint density at radius 3 is 2.50 bits per heavy atom. The lowest BCUT2D eigenvalue weighted by molar-refractivity contribution is 0.627. The highest BCUT2D eigenvalue weighted by atomic mass is 19.1. The molecule has 0 atom stereocenters. The number of hydrogen-bond acceptors (Lipinski definition) is 3. The van der Waals surface area contributed by atoms with Gasteiger partial charge in [-0.05, 0) is 35.9 Å². The number of nitriles is 1. The average Bonchev–Trinajstić information content (AvgIpc) is 2.38. The van der Waals surface area contributed by atoms with Crippen LogP contribution in [0.3, 0.4) is 0 Å². The zero-order valence-electron chi connectivity index (χ0n) is 9.65. The van der Waals surface area contributed by atoms with E-state index >= 15 is 0 Å². The fourth-order valence-electron chi connectivity index (χ4n) is 1.58.